The molecule has 3 aromatic heterocycles. The predicted molar refractivity (Wildman–Crippen MR) is 87.1 cm³/mol. The molecule has 1 unspecified atom stereocenters. The number of hydrogen-bond donors (Lipinski definition) is 1. The highest BCUT2D eigenvalue weighted by Gasteiger charge is 2.18. The molecule has 1 aliphatic rings. The van der Waals surface area contributed by atoms with Crippen LogP contribution in [0.2, 0.25) is 0 Å². The molecule has 118 valence electrons. The molecule has 0 bridgehead atoms. The number of nitrogens with one attached hydrogen (secondary N) is 1. The van der Waals surface area contributed by atoms with Crippen LogP contribution in [0.25, 0.3) is 10.8 Å². The summed E-state index contributed by atoms with van der Waals surface area (Å²) in [5, 5.41) is 14.8. The Hall–Kier alpha value is -2.19. The van der Waals surface area contributed by atoms with Crippen molar-refractivity contribution in [2.45, 2.75) is 25.3 Å². The SMILES string of the molecule is c1cnc(-c2nc(Cn3cc(C4CCCNC4)nn3)cs2)nc1. The second kappa shape index (κ2) is 6.51. The van der Waals surface area contributed by atoms with Crippen LogP contribution in [0, 0.1) is 0 Å². The number of rotatable bonds is 4. The Balaban J connectivity index is 1.46. The van der Waals surface area contributed by atoms with Crippen LogP contribution >= 0.6 is 11.3 Å². The number of piperidine rings is 1. The van der Waals surface area contributed by atoms with Gasteiger partial charge in [0.25, 0.3) is 0 Å². The Morgan fingerprint density at radius 1 is 1.30 bits per heavy atom. The lowest BCUT2D eigenvalue weighted by Crippen LogP contribution is -2.28. The van der Waals surface area contributed by atoms with Crippen LogP contribution in [-0.4, -0.2) is 43.0 Å². The fourth-order valence-corrected chi connectivity index (χ4v) is 3.50. The summed E-state index contributed by atoms with van der Waals surface area (Å²) in [6, 6.07) is 1.80. The van der Waals surface area contributed by atoms with E-state index in [1.807, 2.05) is 16.3 Å². The summed E-state index contributed by atoms with van der Waals surface area (Å²) in [5.41, 5.74) is 2.02. The average molecular weight is 327 g/mol. The minimum absolute atomic E-state index is 0.473. The van der Waals surface area contributed by atoms with Crippen molar-refractivity contribution in [3.05, 3.63) is 41.4 Å². The van der Waals surface area contributed by atoms with Crippen LogP contribution in [0.3, 0.4) is 0 Å². The highest BCUT2D eigenvalue weighted by molar-refractivity contribution is 7.13. The van der Waals surface area contributed by atoms with Crippen LogP contribution in [-0.2, 0) is 6.54 Å². The molecule has 0 spiro atoms. The Kier molecular flexibility index (Phi) is 4.08. The fourth-order valence-electron chi connectivity index (χ4n) is 2.74. The third-order valence-corrected chi connectivity index (χ3v) is 4.79. The zero-order chi connectivity index (χ0) is 15.5. The molecule has 3 aromatic rings. The molecule has 8 heteroatoms. The van der Waals surface area contributed by atoms with Gasteiger partial charge in [0, 0.05) is 36.4 Å². The van der Waals surface area contributed by atoms with E-state index in [1.54, 1.807) is 29.8 Å². The highest BCUT2D eigenvalue weighted by atomic mass is 32.1. The topological polar surface area (TPSA) is 81.4 Å². The maximum atomic E-state index is 4.59. The van der Waals surface area contributed by atoms with Crippen LogP contribution < -0.4 is 5.32 Å². The summed E-state index contributed by atoms with van der Waals surface area (Å²) < 4.78 is 1.86. The largest absolute Gasteiger partial charge is 0.316 e. The van der Waals surface area contributed by atoms with Crippen molar-refractivity contribution in [1.82, 2.24) is 35.3 Å². The standard InChI is InChI=1S/C15H17N7S/c1-3-11(7-16-4-1)13-9-22(21-20-13)8-12-10-23-15(19-12)14-17-5-2-6-18-14/h2,5-6,9-11,16H,1,3-4,7-8H2. The van der Waals surface area contributed by atoms with Crippen molar-refractivity contribution in [3.8, 4) is 10.8 Å². The van der Waals surface area contributed by atoms with Crippen LogP contribution in [0.15, 0.2) is 30.0 Å². The molecule has 1 atom stereocenters. The molecule has 23 heavy (non-hydrogen) atoms. The molecule has 0 aromatic carbocycles. The molecule has 0 radical (unpaired) electrons. The van der Waals surface area contributed by atoms with Gasteiger partial charge in [-0.25, -0.2) is 19.6 Å². The van der Waals surface area contributed by atoms with Crippen molar-refractivity contribution in [2.75, 3.05) is 13.1 Å². The zero-order valence-corrected chi connectivity index (χ0v) is 13.4. The second-order valence-electron chi connectivity index (χ2n) is 5.60. The van der Waals surface area contributed by atoms with E-state index in [1.165, 1.54) is 12.8 Å². The van der Waals surface area contributed by atoms with Crippen molar-refractivity contribution in [1.29, 1.82) is 0 Å². The molecule has 4 rings (SSSR count). The minimum atomic E-state index is 0.473. The van der Waals surface area contributed by atoms with Gasteiger partial charge >= 0.3 is 0 Å². The Morgan fingerprint density at radius 2 is 2.22 bits per heavy atom. The molecule has 0 amide bonds. The number of thiazole rings is 1. The number of hydrogen-bond acceptors (Lipinski definition) is 7. The Morgan fingerprint density at radius 3 is 3.04 bits per heavy atom. The molecule has 1 saturated heterocycles. The van der Waals surface area contributed by atoms with E-state index in [4.69, 9.17) is 0 Å². The van der Waals surface area contributed by atoms with Crippen molar-refractivity contribution >= 4 is 11.3 Å². The number of nitrogens with zero attached hydrogens (tertiary/aromatic N) is 6. The van der Waals surface area contributed by atoms with Gasteiger partial charge in [-0.1, -0.05) is 5.21 Å². The van der Waals surface area contributed by atoms with Gasteiger partial charge < -0.3 is 5.32 Å². The third kappa shape index (κ3) is 3.27. The van der Waals surface area contributed by atoms with E-state index in [-0.39, 0.29) is 0 Å². The lowest BCUT2D eigenvalue weighted by atomic mass is 9.97. The van der Waals surface area contributed by atoms with Gasteiger partial charge in [-0.05, 0) is 25.5 Å². The Bertz CT molecular complexity index is 761. The van der Waals surface area contributed by atoms with Gasteiger partial charge in [0.2, 0.25) is 0 Å². The van der Waals surface area contributed by atoms with E-state index in [9.17, 15) is 0 Å². The van der Waals surface area contributed by atoms with Crippen molar-refractivity contribution in [3.63, 3.8) is 0 Å². The monoisotopic (exact) mass is 327 g/mol. The summed E-state index contributed by atoms with van der Waals surface area (Å²) in [6.45, 7) is 2.72. The van der Waals surface area contributed by atoms with Crippen LogP contribution in [0.1, 0.15) is 30.1 Å². The van der Waals surface area contributed by atoms with Gasteiger partial charge in [-0.2, -0.15) is 0 Å². The summed E-state index contributed by atoms with van der Waals surface area (Å²) in [4.78, 5) is 13.0. The molecule has 0 saturated carbocycles. The second-order valence-corrected chi connectivity index (χ2v) is 6.46. The molecular formula is C15H17N7S. The van der Waals surface area contributed by atoms with Gasteiger partial charge in [0.1, 0.15) is 0 Å². The molecule has 1 aliphatic heterocycles. The first-order valence-electron chi connectivity index (χ1n) is 7.71. The van der Waals surface area contributed by atoms with Gasteiger partial charge in [0.15, 0.2) is 10.8 Å². The van der Waals surface area contributed by atoms with E-state index in [0.717, 1.165) is 29.5 Å². The highest BCUT2D eigenvalue weighted by Crippen LogP contribution is 2.22. The molecule has 1 fully saturated rings. The minimum Gasteiger partial charge on any atom is -0.316 e. The smallest absolute Gasteiger partial charge is 0.188 e. The molecule has 0 aliphatic carbocycles. The zero-order valence-electron chi connectivity index (χ0n) is 12.6. The average Bonchev–Trinajstić information content (AvgIpc) is 3.27. The first-order valence-corrected chi connectivity index (χ1v) is 8.59. The van der Waals surface area contributed by atoms with Crippen LogP contribution in [0.5, 0.6) is 0 Å². The summed E-state index contributed by atoms with van der Waals surface area (Å²) in [5.74, 6) is 1.14. The quantitative estimate of drug-likeness (QED) is 0.785. The molecule has 1 N–H and O–H groups in total. The van der Waals surface area contributed by atoms with E-state index < -0.39 is 0 Å². The van der Waals surface area contributed by atoms with E-state index in [2.05, 4.69) is 30.6 Å². The summed E-state index contributed by atoms with van der Waals surface area (Å²) >= 11 is 1.55. The van der Waals surface area contributed by atoms with Gasteiger partial charge in [-0.15, -0.1) is 16.4 Å². The van der Waals surface area contributed by atoms with Crippen LogP contribution in [0.4, 0.5) is 0 Å². The summed E-state index contributed by atoms with van der Waals surface area (Å²) in [6.07, 6.45) is 7.87. The molecular weight excluding hydrogens is 310 g/mol. The van der Waals surface area contributed by atoms with E-state index in [0.29, 0.717) is 18.3 Å². The Labute approximate surface area is 137 Å². The fraction of sp³-hybridized carbons (Fsp3) is 0.400. The van der Waals surface area contributed by atoms with Gasteiger partial charge in [0.05, 0.1) is 17.9 Å². The summed E-state index contributed by atoms with van der Waals surface area (Å²) in [7, 11) is 0. The van der Waals surface area contributed by atoms with E-state index >= 15 is 0 Å². The third-order valence-electron chi connectivity index (χ3n) is 3.90. The first-order chi connectivity index (χ1) is 11.4. The molecule has 7 nitrogen and oxygen atoms in total. The lowest BCUT2D eigenvalue weighted by molar-refractivity contribution is 0.454. The predicted octanol–water partition coefficient (Wildman–Crippen LogP) is 1.71. The maximum absolute atomic E-state index is 4.59. The van der Waals surface area contributed by atoms with Gasteiger partial charge in [-0.3, -0.25) is 0 Å². The normalized spacial score (nSPS) is 18.2. The first kappa shape index (κ1) is 14.4. The molecule has 4 heterocycles. The van der Waals surface area contributed by atoms with Crippen molar-refractivity contribution in [2.24, 2.45) is 0 Å². The number of aromatic nitrogens is 6. The van der Waals surface area contributed by atoms with Crippen molar-refractivity contribution < 1.29 is 0 Å². The lowest BCUT2D eigenvalue weighted by Gasteiger charge is -2.20. The maximum Gasteiger partial charge on any atom is 0.188 e.